The van der Waals surface area contributed by atoms with Gasteiger partial charge in [-0.05, 0) is 36.5 Å². The van der Waals surface area contributed by atoms with E-state index in [-0.39, 0.29) is 23.3 Å². The number of carbonyl (C=O) groups excluding carboxylic acids is 2. The molecular weight excluding hydrogens is 320 g/mol. The highest BCUT2D eigenvalue weighted by Crippen LogP contribution is 2.37. The molecule has 0 spiro atoms. The third-order valence-corrected chi connectivity index (χ3v) is 5.34. The predicted octanol–water partition coefficient (Wildman–Crippen LogP) is 2.32. The Morgan fingerprint density at radius 2 is 1.88 bits per heavy atom. The summed E-state index contributed by atoms with van der Waals surface area (Å²) in [5, 5.41) is 2.82. The van der Waals surface area contributed by atoms with Gasteiger partial charge in [-0.25, -0.2) is 4.79 Å². The number of ether oxygens (including phenoxy) is 2. The Morgan fingerprint density at radius 3 is 2.40 bits per heavy atom. The molecule has 1 aromatic rings. The van der Waals surface area contributed by atoms with Crippen LogP contribution in [0.15, 0.2) is 24.3 Å². The van der Waals surface area contributed by atoms with Crippen molar-refractivity contribution in [3.8, 4) is 5.75 Å². The molecule has 6 heteroatoms. The largest absolute Gasteiger partial charge is 0.497 e. The highest BCUT2D eigenvalue weighted by molar-refractivity contribution is 6.04. The zero-order chi connectivity index (χ0) is 18.0. The monoisotopic (exact) mass is 346 g/mol. The van der Waals surface area contributed by atoms with Gasteiger partial charge in [-0.3, -0.25) is 9.69 Å². The zero-order valence-corrected chi connectivity index (χ0v) is 15.1. The van der Waals surface area contributed by atoms with Crippen molar-refractivity contribution in [1.82, 2.24) is 10.2 Å². The maximum atomic E-state index is 12.7. The second-order valence-electron chi connectivity index (χ2n) is 7.22. The third-order valence-electron chi connectivity index (χ3n) is 5.34. The van der Waals surface area contributed by atoms with Crippen LogP contribution >= 0.6 is 0 Å². The SMILES string of the molecule is COc1ccc(C2(CN3C(=O)NC(C(C)C)C3=O)CCOCC2)cc1. The van der Waals surface area contributed by atoms with Gasteiger partial charge in [0.25, 0.3) is 5.91 Å². The summed E-state index contributed by atoms with van der Waals surface area (Å²) in [7, 11) is 1.64. The maximum Gasteiger partial charge on any atom is 0.324 e. The minimum atomic E-state index is -0.430. The average molecular weight is 346 g/mol. The van der Waals surface area contributed by atoms with E-state index >= 15 is 0 Å². The molecule has 1 aromatic carbocycles. The van der Waals surface area contributed by atoms with Gasteiger partial charge in [-0.1, -0.05) is 26.0 Å². The molecule has 3 rings (SSSR count). The first kappa shape index (κ1) is 17.7. The first-order valence-corrected chi connectivity index (χ1v) is 8.81. The molecule has 0 radical (unpaired) electrons. The van der Waals surface area contributed by atoms with Crippen LogP contribution in [-0.4, -0.2) is 49.7 Å². The fourth-order valence-corrected chi connectivity index (χ4v) is 3.69. The number of nitrogens with zero attached hydrogens (tertiary/aromatic N) is 1. The van der Waals surface area contributed by atoms with Crippen molar-refractivity contribution in [3.05, 3.63) is 29.8 Å². The fourth-order valence-electron chi connectivity index (χ4n) is 3.69. The Kier molecular flexibility index (Phi) is 4.99. The van der Waals surface area contributed by atoms with E-state index in [0.29, 0.717) is 19.8 Å². The molecule has 2 heterocycles. The highest BCUT2D eigenvalue weighted by Gasteiger charge is 2.45. The minimum absolute atomic E-state index is 0.0769. The van der Waals surface area contributed by atoms with Gasteiger partial charge < -0.3 is 14.8 Å². The highest BCUT2D eigenvalue weighted by atomic mass is 16.5. The molecule has 2 saturated heterocycles. The van der Waals surface area contributed by atoms with Crippen molar-refractivity contribution < 1.29 is 19.1 Å². The van der Waals surface area contributed by atoms with E-state index in [0.717, 1.165) is 24.2 Å². The lowest BCUT2D eigenvalue weighted by Gasteiger charge is -2.39. The van der Waals surface area contributed by atoms with Crippen LogP contribution in [0.2, 0.25) is 0 Å². The molecule has 6 nitrogen and oxygen atoms in total. The Labute approximate surface area is 148 Å². The standard InChI is InChI=1S/C19H26N2O4/c1-13(2)16-17(22)21(18(23)20-16)12-19(8-10-25-11-9-19)14-4-6-15(24-3)7-5-14/h4-7,13,16H,8-12H2,1-3H3,(H,20,23). The molecule has 2 fully saturated rings. The van der Waals surface area contributed by atoms with Crippen LogP contribution in [0.5, 0.6) is 5.75 Å². The number of hydrogen-bond acceptors (Lipinski definition) is 4. The molecule has 3 amide bonds. The number of benzene rings is 1. The van der Waals surface area contributed by atoms with Crippen molar-refractivity contribution in [3.63, 3.8) is 0 Å². The topological polar surface area (TPSA) is 67.9 Å². The quantitative estimate of drug-likeness (QED) is 0.831. The Bertz CT molecular complexity index is 635. The molecule has 136 valence electrons. The number of rotatable bonds is 5. The minimum Gasteiger partial charge on any atom is -0.497 e. The van der Waals surface area contributed by atoms with Gasteiger partial charge in [0.15, 0.2) is 0 Å². The van der Waals surface area contributed by atoms with E-state index in [1.165, 1.54) is 4.90 Å². The molecule has 25 heavy (non-hydrogen) atoms. The lowest BCUT2D eigenvalue weighted by Crippen LogP contribution is -2.47. The number of carbonyl (C=O) groups is 2. The van der Waals surface area contributed by atoms with Crippen molar-refractivity contribution in [2.45, 2.75) is 38.1 Å². The summed E-state index contributed by atoms with van der Waals surface area (Å²) in [4.78, 5) is 26.5. The van der Waals surface area contributed by atoms with Crippen molar-refractivity contribution in [2.24, 2.45) is 5.92 Å². The normalized spacial score (nSPS) is 23.0. The molecule has 1 unspecified atom stereocenters. The van der Waals surface area contributed by atoms with E-state index in [4.69, 9.17) is 9.47 Å². The number of urea groups is 1. The lowest BCUT2D eigenvalue weighted by molar-refractivity contribution is -0.129. The van der Waals surface area contributed by atoms with Crippen LogP contribution < -0.4 is 10.1 Å². The Morgan fingerprint density at radius 1 is 1.24 bits per heavy atom. The summed E-state index contributed by atoms with van der Waals surface area (Å²) < 4.78 is 10.8. The van der Waals surface area contributed by atoms with E-state index in [2.05, 4.69) is 5.32 Å². The second kappa shape index (κ2) is 7.04. The van der Waals surface area contributed by atoms with E-state index in [1.807, 2.05) is 38.1 Å². The molecule has 2 aliphatic rings. The summed E-state index contributed by atoms with van der Waals surface area (Å²) in [5.41, 5.74) is 0.842. The summed E-state index contributed by atoms with van der Waals surface area (Å²) in [6.45, 7) is 5.53. The number of hydrogen-bond donors (Lipinski definition) is 1. The molecule has 1 N–H and O–H groups in total. The van der Waals surface area contributed by atoms with Crippen molar-refractivity contribution >= 4 is 11.9 Å². The smallest absolute Gasteiger partial charge is 0.324 e. The summed E-state index contributed by atoms with van der Waals surface area (Å²) in [5.74, 6) is 0.744. The van der Waals surface area contributed by atoms with Gasteiger partial charge >= 0.3 is 6.03 Å². The van der Waals surface area contributed by atoms with Gasteiger partial charge in [0.1, 0.15) is 11.8 Å². The lowest BCUT2D eigenvalue weighted by atomic mass is 9.73. The fraction of sp³-hybridized carbons (Fsp3) is 0.579. The van der Waals surface area contributed by atoms with Crippen LogP contribution in [0, 0.1) is 5.92 Å². The van der Waals surface area contributed by atoms with Gasteiger partial charge in [0.05, 0.1) is 7.11 Å². The van der Waals surface area contributed by atoms with Gasteiger partial charge in [0.2, 0.25) is 0 Å². The molecule has 0 aromatic heterocycles. The molecule has 2 aliphatic heterocycles. The molecular formula is C19H26N2O4. The molecule has 0 saturated carbocycles. The third kappa shape index (κ3) is 3.35. The van der Waals surface area contributed by atoms with Crippen molar-refractivity contribution in [1.29, 1.82) is 0 Å². The van der Waals surface area contributed by atoms with Crippen LogP contribution in [-0.2, 0) is 14.9 Å². The summed E-state index contributed by atoms with van der Waals surface area (Å²) in [6, 6.07) is 7.19. The number of amides is 3. The first-order valence-electron chi connectivity index (χ1n) is 8.81. The van der Waals surface area contributed by atoms with Crippen LogP contribution in [0.25, 0.3) is 0 Å². The molecule has 1 atom stereocenters. The van der Waals surface area contributed by atoms with E-state index in [9.17, 15) is 9.59 Å². The zero-order valence-electron chi connectivity index (χ0n) is 15.1. The first-order chi connectivity index (χ1) is 12.0. The van der Waals surface area contributed by atoms with Crippen LogP contribution in [0.1, 0.15) is 32.3 Å². The molecule has 0 bridgehead atoms. The maximum absolute atomic E-state index is 12.7. The Hall–Kier alpha value is -2.08. The summed E-state index contributed by atoms with van der Waals surface area (Å²) >= 11 is 0. The van der Waals surface area contributed by atoms with Gasteiger partial charge in [-0.15, -0.1) is 0 Å². The predicted molar refractivity (Wildman–Crippen MR) is 93.6 cm³/mol. The van der Waals surface area contributed by atoms with E-state index < -0.39 is 6.04 Å². The van der Waals surface area contributed by atoms with Crippen LogP contribution in [0.3, 0.4) is 0 Å². The molecule has 0 aliphatic carbocycles. The number of imide groups is 1. The van der Waals surface area contributed by atoms with Crippen LogP contribution in [0.4, 0.5) is 4.79 Å². The number of methoxy groups -OCH3 is 1. The van der Waals surface area contributed by atoms with Gasteiger partial charge in [-0.2, -0.15) is 0 Å². The number of nitrogens with one attached hydrogen (secondary N) is 1. The Balaban J connectivity index is 1.88. The summed E-state index contributed by atoms with van der Waals surface area (Å²) in [6.07, 6.45) is 1.56. The van der Waals surface area contributed by atoms with E-state index in [1.54, 1.807) is 7.11 Å². The van der Waals surface area contributed by atoms with Gasteiger partial charge in [0, 0.05) is 25.2 Å². The average Bonchev–Trinajstić information content (AvgIpc) is 2.91. The second-order valence-corrected chi connectivity index (χ2v) is 7.22. The van der Waals surface area contributed by atoms with Crippen molar-refractivity contribution in [2.75, 3.05) is 26.9 Å².